The van der Waals surface area contributed by atoms with E-state index in [4.69, 9.17) is 17.4 Å². The molecule has 2 aromatic rings. The molecule has 3 N–H and O–H groups in total. The summed E-state index contributed by atoms with van der Waals surface area (Å²) in [7, 11) is 0. The van der Waals surface area contributed by atoms with Crippen molar-refractivity contribution in [1.29, 1.82) is 0 Å². The van der Waals surface area contributed by atoms with E-state index in [1.807, 2.05) is 0 Å². The first-order valence-corrected chi connectivity index (χ1v) is 6.67. The summed E-state index contributed by atoms with van der Waals surface area (Å²) in [5, 5.41) is 0.184. The maximum Gasteiger partial charge on any atom is 0.133 e. The highest BCUT2D eigenvalue weighted by Gasteiger charge is 2.23. The number of hydrogen-bond acceptors (Lipinski definition) is 2. The van der Waals surface area contributed by atoms with Crippen LogP contribution in [-0.4, -0.2) is 0 Å². The first-order valence-electron chi connectivity index (χ1n) is 6.29. The number of benzene rings is 2. The smallest absolute Gasteiger partial charge is 0.133 e. The standard InChI is InChI=1S/C15H14ClF3N2/c1-8-5-6-12(18)14(15(8)19)13(21-20)7-9-10(16)3-2-4-11(9)17/h2-6,13,21H,7,20H2,1H3. The monoisotopic (exact) mass is 314 g/mol. The Morgan fingerprint density at radius 1 is 1.14 bits per heavy atom. The van der Waals surface area contributed by atoms with Gasteiger partial charge in [-0.15, -0.1) is 0 Å². The van der Waals surface area contributed by atoms with Crippen LogP contribution in [0, 0.1) is 24.4 Å². The molecule has 21 heavy (non-hydrogen) atoms. The Balaban J connectivity index is 2.44. The minimum absolute atomic E-state index is 0.0701. The van der Waals surface area contributed by atoms with Gasteiger partial charge in [0.15, 0.2) is 0 Å². The van der Waals surface area contributed by atoms with Crippen molar-refractivity contribution < 1.29 is 13.2 Å². The molecule has 0 spiro atoms. The molecule has 0 heterocycles. The molecule has 2 nitrogen and oxygen atoms in total. The molecule has 0 radical (unpaired) electrons. The number of nitrogens with one attached hydrogen (secondary N) is 1. The zero-order chi connectivity index (χ0) is 15.6. The van der Waals surface area contributed by atoms with Crippen LogP contribution in [0.2, 0.25) is 5.02 Å². The Morgan fingerprint density at radius 2 is 1.86 bits per heavy atom. The molecule has 2 aromatic carbocycles. The quantitative estimate of drug-likeness (QED) is 0.665. The Hall–Kier alpha value is -1.56. The summed E-state index contributed by atoms with van der Waals surface area (Å²) in [5.74, 6) is 3.40. The van der Waals surface area contributed by atoms with E-state index in [0.29, 0.717) is 0 Å². The van der Waals surface area contributed by atoms with Crippen molar-refractivity contribution in [3.8, 4) is 0 Å². The van der Waals surface area contributed by atoms with E-state index in [2.05, 4.69) is 5.43 Å². The van der Waals surface area contributed by atoms with Gasteiger partial charge < -0.3 is 0 Å². The Bertz CT molecular complexity index is 641. The number of hydrogen-bond donors (Lipinski definition) is 2. The molecule has 1 unspecified atom stereocenters. The molecule has 2 rings (SSSR count). The first kappa shape index (κ1) is 15.8. The van der Waals surface area contributed by atoms with Crippen LogP contribution in [0.1, 0.15) is 22.7 Å². The van der Waals surface area contributed by atoms with Crippen LogP contribution in [0.25, 0.3) is 0 Å². The van der Waals surface area contributed by atoms with Crippen LogP contribution in [-0.2, 0) is 6.42 Å². The average molecular weight is 315 g/mol. The summed E-state index contributed by atoms with van der Waals surface area (Å²) in [5.41, 5.74) is 2.54. The van der Waals surface area contributed by atoms with Crippen LogP contribution >= 0.6 is 11.6 Å². The van der Waals surface area contributed by atoms with Crippen molar-refractivity contribution in [1.82, 2.24) is 5.43 Å². The van der Waals surface area contributed by atoms with E-state index in [-0.39, 0.29) is 28.1 Å². The SMILES string of the molecule is Cc1ccc(F)c(C(Cc2c(F)cccc2Cl)NN)c1F. The van der Waals surface area contributed by atoms with Crippen LogP contribution in [0.15, 0.2) is 30.3 Å². The fourth-order valence-corrected chi connectivity index (χ4v) is 2.41. The third-order valence-electron chi connectivity index (χ3n) is 3.34. The van der Waals surface area contributed by atoms with Gasteiger partial charge in [-0.25, -0.2) is 13.2 Å². The van der Waals surface area contributed by atoms with E-state index in [0.717, 1.165) is 6.07 Å². The fraction of sp³-hybridized carbons (Fsp3) is 0.200. The molecule has 6 heteroatoms. The highest BCUT2D eigenvalue weighted by molar-refractivity contribution is 6.31. The second-order valence-electron chi connectivity index (χ2n) is 4.72. The average Bonchev–Trinajstić information content (AvgIpc) is 2.45. The molecule has 0 aliphatic rings. The fourth-order valence-electron chi connectivity index (χ4n) is 2.17. The molecule has 0 aromatic heterocycles. The van der Waals surface area contributed by atoms with E-state index in [1.165, 1.54) is 31.2 Å². The number of halogens is 4. The summed E-state index contributed by atoms with van der Waals surface area (Å²) in [6, 6.07) is 5.76. The molecule has 0 saturated carbocycles. The summed E-state index contributed by atoms with van der Waals surface area (Å²) >= 11 is 5.93. The zero-order valence-electron chi connectivity index (χ0n) is 11.3. The molecule has 0 aliphatic heterocycles. The van der Waals surface area contributed by atoms with Gasteiger partial charge in [0.05, 0.1) is 6.04 Å². The van der Waals surface area contributed by atoms with Crippen molar-refractivity contribution in [2.75, 3.05) is 0 Å². The van der Waals surface area contributed by atoms with Crippen molar-refractivity contribution in [3.05, 3.63) is 69.5 Å². The van der Waals surface area contributed by atoms with Gasteiger partial charge in [0.1, 0.15) is 17.5 Å². The highest BCUT2D eigenvalue weighted by atomic mass is 35.5. The summed E-state index contributed by atoms with van der Waals surface area (Å²) in [6.45, 7) is 1.52. The molecular weight excluding hydrogens is 301 g/mol. The third-order valence-corrected chi connectivity index (χ3v) is 3.69. The predicted molar refractivity (Wildman–Crippen MR) is 76.3 cm³/mol. The highest BCUT2D eigenvalue weighted by Crippen LogP contribution is 2.29. The van der Waals surface area contributed by atoms with Gasteiger partial charge in [-0.1, -0.05) is 23.7 Å². The maximum absolute atomic E-state index is 14.1. The Kier molecular flexibility index (Phi) is 4.88. The normalized spacial score (nSPS) is 12.5. The van der Waals surface area contributed by atoms with Gasteiger partial charge in [0.2, 0.25) is 0 Å². The number of aryl methyl sites for hydroxylation is 1. The van der Waals surface area contributed by atoms with Crippen molar-refractivity contribution in [2.45, 2.75) is 19.4 Å². The van der Waals surface area contributed by atoms with Gasteiger partial charge >= 0.3 is 0 Å². The minimum Gasteiger partial charge on any atom is -0.271 e. The van der Waals surface area contributed by atoms with Gasteiger partial charge in [-0.2, -0.15) is 0 Å². The summed E-state index contributed by atoms with van der Waals surface area (Å²) in [4.78, 5) is 0. The van der Waals surface area contributed by atoms with Crippen molar-refractivity contribution >= 4 is 11.6 Å². The van der Waals surface area contributed by atoms with E-state index in [1.54, 1.807) is 0 Å². The zero-order valence-corrected chi connectivity index (χ0v) is 12.0. The van der Waals surface area contributed by atoms with Gasteiger partial charge in [-0.05, 0) is 37.1 Å². The summed E-state index contributed by atoms with van der Waals surface area (Å²) < 4.78 is 41.9. The molecule has 112 valence electrons. The molecule has 0 fully saturated rings. The molecule has 0 saturated heterocycles. The summed E-state index contributed by atoms with van der Waals surface area (Å²) in [6.07, 6.45) is -0.0701. The van der Waals surface area contributed by atoms with E-state index >= 15 is 0 Å². The molecule has 0 amide bonds. The molecule has 0 bridgehead atoms. The topological polar surface area (TPSA) is 38.0 Å². The van der Waals surface area contributed by atoms with E-state index in [9.17, 15) is 13.2 Å². The van der Waals surface area contributed by atoms with Crippen molar-refractivity contribution in [3.63, 3.8) is 0 Å². The van der Waals surface area contributed by atoms with Gasteiger partial charge in [0, 0.05) is 16.1 Å². The second-order valence-corrected chi connectivity index (χ2v) is 5.12. The lowest BCUT2D eigenvalue weighted by molar-refractivity contribution is 0.463. The number of nitrogens with two attached hydrogens (primary N) is 1. The third kappa shape index (κ3) is 3.20. The Morgan fingerprint density at radius 3 is 2.48 bits per heavy atom. The lowest BCUT2D eigenvalue weighted by Crippen LogP contribution is -2.31. The van der Waals surface area contributed by atoms with Crippen LogP contribution in [0.3, 0.4) is 0 Å². The predicted octanol–water partition coefficient (Wildman–Crippen LogP) is 3.81. The Labute approximate surface area is 125 Å². The van der Waals surface area contributed by atoms with Crippen molar-refractivity contribution in [2.24, 2.45) is 5.84 Å². The van der Waals surface area contributed by atoms with Crippen LogP contribution in [0.4, 0.5) is 13.2 Å². The molecule has 1 atom stereocenters. The van der Waals surface area contributed by atoms with Crippen LogP contribution < -0.4 is 11.3 Å². The lowest BCUT2D eigenvalue weighted by atomic mass is 9.96. The minimum atomic E-state index is -0.931. The second kappa shape index (κ2) is 6.47. The lowest BCUT2D eigenvalue weighted by Gasteiger charge is -2.19. The van der Waals surface area contributed by atoms with Crippen LogP contribution in [0.5, 0.6) is 0 Å². The molecular formula is C15H14ClF3N2. The maximum atomic E-state index is 14.1. The number of hydrazine groups is 1. The molecule has 0 aliphatic carbocycles. The van der Waals surface area contributed by atoms with Gasteiger partial charge in [-0.3, -0.25) is 11.3 Å². The largest absolute Gasteiger partial charge is 0.271 e. The van der Waals surface area contributed by atoms with E-state index < -0.39 is 23.5 Å². The van der Waals surface area contributed by atoms with Gasteiger partial charge in [0.25, 0.3) is 0 Å². The number of rotatable bonds is 4. The first-order chi connectivity index (χ1) is 9.95.